The van der Waals surface area contributed by atoms with E-state index in [1.54, 1.807) is 29.3 Å². The van der Waals surface area contributed by atoms with Gasteiger partial charge >= 0.3 is 0 Å². The Morgan fingerprint density at radius 2 is 1.91 bits per heavy atom. The average Bonchev–Trinajstić information content (AvgIpc) is 3.41. The van der Waals surface area contributed by atoms with Gasteiger partial charge in [0.05, 0.1) is 40.2 Å². The molecule has 2 N–H and O–H groups in total. The molecule has 0 aliphatic rings. The molecule has 2 aromatic carbocycles. The smallest absolute Gasteiger partial charge is 0.250 e. The van der Waals surface area contributed by atoms with E-state index in [-0.39, 0.29) is 5.56 Å². The van der Waals surface area contributed by atoms with Crippen LogP contribution >= 0.6 is 11.6 Å². The van der Waals surface area contributed by atoms with E-state index in [4.69, 9.17) is 22.3 Å². The van der Waals surface area contributed by atoms with E-state index in [0.29, 0.717) is 5.02 Å². The molecule has 0 saturated heterocycles. The number of hydrogen-bond donors (Lipinski definition) is 1. The van der Waals surface area contributed by atoms with Crippen molar-refractivity contribution in [2.24, 2.45) is 12.8 Å². The molecule has 8 heteroatoms. The Kier molecular flexibility index (Phi) is 4.75. The highest BCUT2D eigenvalue weighted by Gasteiger charge is 2.14. The van der Waals surface area contributed by atoms with Crippen molar-refractivity contribution in [1.82, 2.24) is 24.3 Å². The van der Waals surface area contributed by atoms with Gasteiger partial charge in [-0.2, -0.15) is 5.10 Å². The molecule has 32 heavy (non-hydrogen) atoms. The third kappa shape index (κ3) is 3.42. The first-order chi connectivity index (χ1) is 15.4. The largest absolute Gasteiger partial charge is 0.366 e. The van der Waals surface area contributed by atoms with E-state index >= 15 is 0 Å². The number of nitrogens with zero attached hydrogens (tertiary/aromatic N) is 5. The predicted molar refractivity (Wildman–Crippen MR) is 125 cm³/mol. The summed E-state index contributed by atoms with van der Waals surface area (Å²) in [6.45, 7) is 1.95. The first-order valence-corrected chi connectivity index (χ1v) is 10.3. The number of primary amides is 1. The molecule has 0 aliphatic carbocycles. The van der Waals surface area contributed by atoms with Crippen LogP contribution in [0.25, 0.3) is 39.0 Å². The maximum atomic E-state index is 11.6. The normalized spacial score (nSPS) is 11.2. The molecule has 7 nitrogen and oxygen atoms in total. The molecule has 5 rings (SSSR count). The zero-order valence-electron chi connectivity index (χ0n) is 17.5. The fourth-order valence-corrected chi connectivity index (χ4v) is 4.13. The van der Waals surface area contributed by atoms with Crippen molar-refractivity contribution < 1.29 is 4.79 Å². The molecule has 0 atom stereocenters. The van der Waals surface area contributed by atoms with Crippen LogP contribution in [-0.4, -0.2) is 30.2 Å². The Morgan fingerprint density at radius 3 is 2.62 bits per heavy atom. The summed E-state index contributed by atoms with van der Waals surface area (Å²) in [5, 5.41) is 6.52. The molecule has 3 heterocycles. The van der Waals surface area contributed by atoms with Gasteiger partial charge in [-0.3, -0.25) is 14.5 Å². The first kappa shape index (κ1) is 20.0. The molecular formula is C24H19ClN6O. The SMILES string of the molecule is Cc1cc2c(-n3cnc(-c4cnn(C)c4)c3)cccc2c(-c2ccc(C(N)=O)c(Cl)c2)n1. The van der Waals surface area contributed by atoms with Crippen molar-refractivity contribution in [3.8, 4) is 28.2 Å². The number of pyridine rings is 1. The fourth-order valence-electron chi connectivity index (χ4n) is 3.85. The van der Waals surface area contributed by atoms with Crippen LogP contribution in [0.4, 0.5) is 0 Å². The zero-order valence-corrected chi connectivity index (χ0v) is 18.2. The van der Waals surface area contributed by atoms with Crippen molar-refractivity contribution in [3.63, 3.8) is 0 Å². The standard InChI is InChI=1S/C24H19ClN6O/c1-14-8-19-17(23(29-14)15-6-7-18(24(26)32)20(25)9-15)4-3-5-22(19)31-12-21(27-13-31)16-10-28-30(2)11-16/h3-13H,1-2H3,(H2,26,32). The number of imidazole rings is 1. The lowest BCUT2D eigenvalue weighted by molar-refractivity contribution is 0.100. The van der Waals surface area contributed by atoms with E-state index in [0.717, 1.165) is 44.7 Å². The van der Waals surface area contributed by atoms with Crippen LogP contribution in [0.15, 0.2) is 67.4 Å². The summed E-state index contributed by atoms with van der Waals surface area (Å²) in [7, 11) is 1.88. The number of benzene rings is 2. The third-order valence-electron chi connectivity index (χ3n) is 5.35. The molecule has 0 spiro atoms. The van der Waals surface area contributed by atoms with Gasteiger partial charge in [0.15, 0.2) is 0 Å². The van der Waals surface area contributed by atoms with Gasteiger partial charge in [0.1, 0.15) is 0 Å². The van der Waals surface area contributed by atoms with Gasteiger partial charge in [0.25, 0.3) is 0 Å². The van der Waals surface area contributed by atoms with E-state index in [1.807, 2.05) is 55.2 Å². The Labute approximate surface area is 189 Å². The lowest BCUT2D eigenvalue weighted by atomic mass is 10.0. The van der Waals surface area contributed by atoms with Crippen LogP contribution in [0.3, 0.4) is 0 Å². The molecule has 3 aromatic heterocycles. The zero-order chi connectivity index (χ0) is 22.4. The molecule has 0 unspecified atom stereocenters. The number of nitrogens with two attached hydrogens (primary N) is 1. The van der Waals surface area contributed by atoms with Crippen molar-refractivity contribution in [2.75, 3.05) is 0 Å². The number of fused-ring (bicyclic) bond motifs is 1. The minimum absolute atomic E-state index is 0.286. The quantitative estimate of drug-likeness (QED) is 0.442. The Bertz CT molecular complexity index is 1500. The number of aromatic nitrogens is 5. The second kappa shape index (κ2) is 7.62. The van der Waals surface area contributed by atoms with Crippen LogP contribution in [0.2, 0.25) is 5.02 Å². The van der Waals surface area contributed by atoms with Crippen molar-refractivity contribution in [2.45, 2.75) is 6.92 Å². The van der Waals surface area contributed by atoms with E-state index < -0.39 is 5.91 Å². The lowest BCUT2D eigenvalue weighted by Crippen LogP contribution is -2.11. The number of rotatable bonds is 4. The molecular weight excluding hydrogens is 424 g/mol. The number of aryl methyl sites for hydroxylation is 2. The third-order valence-corrected chi connectivity index (χ3v) is 5.66. The minimum atomic E-state index is -0.560. The number of halogens is 1. The first-order valence-electron chi connectivity index (χ1n) is 9.94. The van der Waals surface area contributed by atoms with Gasteiger partial charge in [-0.05, 0) is 31.2 Å². The molecule has 0 saturated carbocycles. The maximum Gasteiger partial charge on any atom is 0.250 e. The Morgan fingerprint density at radius 1 is 1.06 bits per heavy atom. The maximum absolute atomic E-state index is 11.6. The Hall–Kier alpha value is -3.97. The van der Waals surface area contributed by atoms with Gasteiger partial charge < -0.3 is 10.3 Å². The highest BCUT2D eigenvalue weighted by Crippen LogP contribution is 2.33. The second-order valence-corrected chi connectivity index (χ2v) is 8.02. The number of hydrogen-bond acceptors (Lipinski definition) is 4. The minimum Gasteiger partial charge on any atom is -0.366 e. The number of carbonyl (C=O) groups excluding carboxylic acids is 1. The van der Waals surface area contributed by atoms with Crippen LogP contribution in [0.1, 0.15) is 16.1 Å². The molecule has 0 radical (unpaired) electrons. The number of carbonyl (C=O) groups is 1. The molecule has 5 aromatic rings. The highest BCUT2D eigenvalue weighted by molar-refractivity contribution is 6.34. The van der Waals surface area contributed by atoms with Gasteiger partial charge in [-0.15, -0.1) is 0 Å². The van der Waals surface area contributed by atoms with Crippen LogP contribution in [0.5, 0.6) is 0 Å². The number of amides is 1. The fraction of sp³-hybridized carbons (Fsp3) is 0.0833. The van der Waals surface area contributed by atoms with Gasteiger partial charge in [-0.25, -0.2) is 4.98 Å². The van der Waals surface area contributed by atoms with Crippen LogP contribution in [-0.2, 0) is 7.05 Å². The van der Waals surface area contributed by atoms with Gasteiger partial charge in [0.2, 0.25) is 5.91 Å². The summed E-state index contributed by atoms with van der Waals surface area (Å²) in [6, 6.07) is 13.3. The van der Waals surface area contributed by atoms with Crippen molar-refractivity contribution >= 4 is 28.3 Å². The predicted octanol–water partition coefficient (Wildman–Crippen LogP) is 4.55. The molecule has 0 aliphatic heterocycles. The highest BCUT2D eigenvalue weighted by atomic mass is 35.5. The molecule has 0 fully saturated rings. The summed E-state index contributed by atoms with van der Waals surface area (Å²) < 4.78 is 3.75. The summed E-state index contributed by atoms with van der Waals surface area (Å²) in [5.74, 6) is -0.560. The van der Waals surface area contributed by atoms with Crippen LogP contribution < -0.4 is 5.73 Å². The monoisotopic (exact) mass is 442 g/mol. The topological polar surface area (TPSA) is 91.6 Å². The van der Waals surface area contributed by atoms with Gasteiger partial charge in [-0.1, -0.05) is 29.8 Å². The van der Waals surface area contributed by atoms with E-state index in [9.17, 15) is 4.79 Å². The van der Waals surface area contributed by atoms with E-state index in [2.05, 4.69) is 16.1 Å². The molecule has 0 bridgehead atoms. The summed E-state index contributed by atoms with van der Waals surface area (Å²) >= 11 is 6.31. The van der Waals surface area contributed by atoms with Crippen LogP contribution in [0, 0.1) is 6.92 Å². The molecule has 1 amide bonds. The summed E-state index contributed by atoms with van der Waals surface area (Å²) in [4.78, 5) is 20.9. The van der Waals surface area contributed by atoms with Gasteiger partial charge in [0, 0.05) is 47.0 Å². The lowest BCUT2D eigenvalue weighted by Gasteiger charge is -2.13. The average molecular weight is 443 g/mol. The second-order valence-electron chi connectivity index (χ2n) is 7.61. The summed E-state index contributed by atoms with van der Waals surface area (Å²) in [6.07, 6.45) is 7.51. The summed E-state index contributed by atoms with van der Waals surface area (Å²) in [5.41, 5.74) is 10.9. The van der Waals surface area contributed by atoms with E-state index in [1.165, 1.54) is 0 Å². The molecule has 158 valence electrons. The van der Waals surface area contributed by atoms with Crippen molar-refractivity contribution in [1.29, 1.82) is 0 Å². The van der Waals surface area contributed by atoms with Crippen molar-refractivity contribution in [3.05, 3.63) is 83.7 Å². The Balaban J connectivity index is 1.66.